The summed E-state index contributed by atoms with van der Waals surface area (Å²) >= 11 is 0. The minimum Gasteiger partial charge on any atom is -0.484 e. The van der Waals surface area contributed by atoms with E-state index in [0.717, 1.165) is 5.56 Å². The summed E-state index contributed by atoms with van der Waals surface area (Å²) in [6, 6.07) is 19.1. The van der Waals surface area contributed by atoms with Gasteiger partial charge in [0.1, 0.15) is 5.75 Å². The van der Waals surface area contributed by atoms with Gasteiger partial charge in [0.05, 0.1) is 6.04 Å². The summed E-state index contributed by atoms with van der Waals surface area (Å²) in [4.78, 5) is 11.8. The molecule has 0 aliphatic carbocycles. The van der Waals surface area contributed by atoms with Crippen molar-refractivity contribution in [3.05, 3.63) is 66.2 Å². The highest BCUT2D eigenvalue weighted by Crippen LogP contribution is 2.11. The first-order chi connectivity index (χ1) is 9.25. The summed E-state index contributed by atoms with van der Waals surface area (Å²) < 4.78 is 5.39. The molecule has 0 radical (unpaired) electrons. The molecule has 0 aromatic heterocycles. The molecule has 1 unspecified atom stereocenters. The summed E-state index contributed by atoms with van der Waals surface area (Å²) in [6.07, 6.45) is 0. The van der Waals surface area contributed by atoms with Crippen molar-refractivity contribution in [1.29, 1.82) is 0 Å². The molecule has 0 saturated carbocycles. The van der Waals surface area contributed by atoms with Crippen molar-refractivity contribution in [2.24, 2.45) is 0 Å². The van der Waals surface area contributed by atoms with Crippen LogP contribution >= 0.6 is 0 Å². The van der Waals surface area contributed by atoms with Crippen LogP contribution < -0.4 is 10.1 Å². The average molecular weight is 255 g/mol. The molecular weight excluding hydrogens is 238 g/mol. The molecule has 2 aromatic carbocycles. The van der Waals surface area contributed by atoms with Gasteiger partial charge in [-0.2, -0.15) is 0 Å². The second-order valence-electron chi connectivity index (χ2n) is 4.30. The van der Waals surface area contributed by atoms with E-state index < -0.39 is 0 Å². The Hall–Kier alpha value is -2.29. The van der Waals surface area contributed by atoms with Crippen LogP contribution in [0.15, 0.2) is 60.7 Å². The highest BCUT2D eigenvalue weighted by Gasteiger charge is 2.09. The van der Waals surface area contributed by atoms with E-state index in [9.17, 15) is 4.79 Å². The molecule has 0 saturated heterocycles. The first-order valence-corrected chi connectivity index (χ1v) is 6.28. The molecule has 0 fully saturated rings. The SMILES string of the molecule is CC(NC(=O)COc1ccccc1)c1ccccc1. The highest BCUT2D eigenvalue weighted by molar-refractivity contribution is 5.78. The number of rotatable bonds is 5. The van der Waals surface area contributed by atoms with E-state index in [1.807, 2.05) is 67.6 Å². The lowest BCUT2D eigenvalue weighted by Crippen LogP contribution is -2.31. The van der Waals surface area contributed by atoms with Gasteiger partial charge in [-0.25, -0.2) is 0 Å². The third-order valence-corrected chi connectivity index (χ3v) is 2.79. The van der Waals surface area contributed by atoms with Gasteiger partial charge in [-0.3, -0.25) is 4.79 Å². The highest BCUT2D eigenvalue weighted by atomic mass is 16.5. The molecule has 1 amide bonds. The Morgan fingerprint density at radius 2 is 1.63 bits per heavy atom. The number of carbonyl (C=O) groups is 1. The maximum Gasteiger partial charge on any atom is 0.258 e. The van der Waals surface area contributed by atoms with Crippen LogP contribution in [-0.4, -0.2) is 12.5 Å². The number of hydrogen-bond acceptors (Lipinski definition) is 2. The smallest absolute Gasteiger partial charge is 0.258 e. The first kappa shape index (κ1) is 13.1. The van der Waals surface area contributed by atoms with Crippen LogP contribution in [0.5, 0.6) is 5.75 Å². The number of nitrogens with one attached hydrogen (secondary N) is 1. The predicted octanol–water partition coefficient (Wildman–Crippen LogP) is 2.94. The molecule has 3 heteroatoms. The van der Waals surface area contributed by atoms with Crippen LogP contribution in [0.3, 0.4) is 0 Å². The van der Waals surface area contributed by atoms with Crippen LogP contribution in [0, 0.1) is 0 Å². The molecule has 98 valence electrons. The Bertz CT molecular complexity index is 511. The van der Waals surface area contributed by atoms with E-state index in [-0.39, 0.29) is 18.6 Å². The fraction of sp³-hybridized carbons (Fsp3) is 0.188. The van der Waals surface area contributed by atoms with Gasteiger partial charge >= 0.3 is 0 Å². The predicted molar refractivity (Wildman–Crippen MR) is 74.9 cm³/mol. The van der Waals surface area contributed by atoms with E-state index in [1.165, 1.54) is 0 Å². The monoisotopic (exact) mass is 255 g/mol. The summed E-state index contributed by atoms with van der Waals surface area (Å²) in [7, 11) is 0. The van der Waals surface area contributed by atoms with Gasteiger partial charge in [0.15, 0.2) is 6.61 Å². The van der Waals surface area contributed by atoms with Crippen LogP contribution in [0.2, 0.25) is 0 Å². The molecular formula is C16H17NO2. The molecule has 2 rings (SSSR count). The molecule has 0 spiro atoms. The zero-order valence-corrected chi connectivity index (χ0v) is 10.9. The number of benzene rings is 2. The number of hydrogen-bond donors (Lipinski definition) is 1. The lowest BCUT2D eigenvalue weighted by Gasteiger charge is -2.14. The van der Waals surface area contributed by atoms with Gasteiger partial charge in [0.2, 0.25) is 0 Å². The topological polar surface area (TPSA) is 38.3 Å². The van der Waals surface area contributed by atoms with E-state index in [4.69, 9.17) is 4.74 Å². The Morgan fingerprint density at radius 1 is 1.05 bits per heavy atom. The van der Waals surface area contributed by atoms with Crippen LogP contribution in [0.25, 0.3) is 0 Å². The second kappa shape index (κ2) is 6.59. The van der Waals surface area contributed by atoms with E-state index >= 15 is 0 Å². The Kier molecular flexibility index (Phi) is 4.56. The normalized spacial score (nSPS) is 11.6. The fourth-order valence-electron chi connectivity index (χ4n) is 1.77. The van der Waals surface area contributed by atoms with Gasteiger partial charge in [0.25, 0.3) is 5.91 Å². The van der Waals surface area contributed by atoms with E-state index in [1.54, 1.807) is 0 Å². The zero-order valence-electron chi connectivity index (χ0n) is 10.9. The zero-order chi connectivity index (χ0) is 13.5. The average Bonchev–Trinajstić information content (AvgIpc) is 2.47. The number of para-hydroxylation sites is 1. The van der Waals surface area contributed by atoms with Crippen molar-refractivity contribution >= 4 is 5.91 Å². The minimum absolute atomic E-state index is 0.0203. The maximum atomic E-state index is 11.8. The van der Waals surface area contributed by atoms with Gasteiger partial charge in [-0.1, -0.05) is 48.5 Å². The molecule has 2 aromatic rings. The summed E-state index contributed by atoms with van der Waals surface area (Å²) in [5, 5.41) is 2.90. The van der Waals surface area contributed by atoms with Gasteiger partial charge in [-0.05, 0) is 24.6 Å². The van der Waals surface area contributed by atoms with Crippen molar-refractivity contribution in [3.63, 3.8) is 0 Å². The van der Waals surface area contributed by atoms with Gasteiger partial charge < -0.3 is 10.1 Å². The van der Waals surface area contributed by atoms with E-state index in [0.29, 0.717) is 5.75 Å². The Labute approximate surface area is 113 Å². The van der Waals surface area contributed by atoms with Crippen molar-refractivity contribution in [1.82, 2.24) is 5.32 Å². The Morgan fingerprint density at radius 3 is 2.26 bits per heavy atom. The quantitative estimate of drug-likeness (QED) is 0.892. The third-order valence-electron chi connectivity index (χ3n) is 2.79. The van der Waals surface area contributed by atoms with Crippen molar-refractivity contribution in [3.8, 4) is 5.75 Å². The summed E-state index contributed by atoms with van der Waals surface area (Å²) in [6.45, 7) is 1.98. The van der Waals surface area contributed by atoms with Gasteiger partial charge in [0, 0.05) is 0 Å². The molecule has 19 heavy (non-hydrogen) atoms. The van der Waals surface area contributed by atoms with Crippen LogP contribution in [0.4, 0.5) is 0 Å². The van der Waals surface area contributed by atoms with Gasteiger partial charge in [-0.15, -0.1) is 0 Å². The summed E-state index contributed by atoms with van der Waals surface area (Å²) in [5.41, 5.74) is 1.08. The molecule has 3 nitrogen and oxygen atoms in total. The molecule has 1 atom stereocenters. The molecule has 0 aliphatic rings. The maximum absolute atomic E-state index is 11.8. The molecule has 0 heterocycles. The number of carbonyl (C=O) groups excluding carboxylic acids is 1. The van der Waals surface area contributed by atoms with E-state index in [2.05, 4.69) is 5.32 Å². The Balaban J connectivity index is 1.82. The van der Waals surface area contributed by atoms with Crippen molar-refractivity contribution in [2.45, 2.75) is 13.0 Å². The molecule has 1 N–H and O–H groups in total. The second-order valence-corrected chi connectivity index (χ2v) is 4.30. The first-order valence-electron chi connectivity index (χ1n) is 6.28. The largest absolute Gasteiger partial charge is 0.484 e. The van der Waals surface area contributed by atoms with Crippen molar-refractivity contribution in [2.75, 3.05) is 6.61 Å². The van der Waals surface area contributed by atoms with Crippen LogP contribution in [-0.2, 0) is 4.79 Å². The number of ether oxygens (including phenoxy) is 1. The van der Waals surface area contributed by atoms with Crippen molar-refractivity contribution < 1.29 is 9.53 Å². The lowest BCUT2D eigenvalue weighted by molar-refractivity contribution is -0.123. The third kappa shape index (κ3) is 4.14. The minimum atomic E-state index is -0.125. The molecule has 0 bridgehead atoms. The summed E-state index contributed by atoms with van der Waals surface area (Å²) in [5.74, 6) is 0.574. The molecule has 0 aliphatic heterocycles. The van der Waals surface area contributed by atoms with Crippen LogP contribution in [0.1, 0.15) is 18.5 Å². The lowest BCUT2D eigenvalue weighted by atomic mass is 10.1. The standard InChI is InChI=1S/C16H17NO2/c1-13(14-8-4-2-5-9-14)17-16(18)12-19-15-10-6-3-7-11-15/h2-11,13H,12H2,1H3,(H,17,18). The fourth-order valence-corrected chi connectivity index (χ4v) is 1.77. The number of amides is 1.